The molecule has 0 saturated heterocycles. The molecule has 2 aromatic heterocycles. The molecule has 0 bridgehead atoms. The molecule has 76 valence electrons. The van der Waals surface area contributed by atoms with Gasteiger partial charge in [0.2, 0.25) is 5.28 Å². The molecule has 15 heavy (non-hydrogen) atoms. The quantitative estimate of drug-likeness (QED) is 0.862. The van der Waals surface area contributed by atoms with Crippen LogP contribution in [0.1, 0.15) is 0 Å². The van der Waals surface area contributed by atoms with Gasteiger partial charge in [-0.05, 0) is 39.7 Å². The Kier molecular flexibility index (Phi) is 3.13. The molecule has 0 saturated carbocycles. The first-order valence-electron chi connectivity index (χ1n) is 4.12. The van der Waals surface area contributed by atoms with Gasteiger partial charge < -0.3 is 5.32 Å². The summed E-state index contributed by atoms with van der Waals surface area (Å²) in [4.78, 5) is 12.0. The van der Waals surface area contributed by atoms with E-state index in [1.165, 1.54) is 0 Å². The first-order chi connectivity index (χ1) is 7.25. The molecular weight excluding hydrogens is 279 g/mol. The van der Waals surface area contributed by atoms with E-state index >= 15 is 0 Å². The molecule has 2 aromatic rings. The molecule has 0 unspecified atom stereocenters. The molecular formula is C9H6BrClN4. The first kappa shape index (κ1) is 10.3. The predicted molar refractivity (Wildman–Crippen MR) is 62.3 cm³/mol. The van der Waals surface area contributed by atoms with E-state index in [9.17, 15) is 0 Å². The van der Waals surface area contributed by atoms with Gasteiger partial charge in [0.05, 0.1) is 4.47 Å². The van der Waals surface area contributed by atoms with Crippen molar-refractivity contribution in [2.75, 3.05) is 5.32 Å². The third-order valence-electron chi connectivity index (χ3n) is 1.63. The Labute approximate surface area is 99.9 Å². The van der Waals surface area contributed by atoms with Crippen LogP contribution < -0.4 is 5.32 Å². The molecule has 2 heterocycles. The number of rotatable bonds is 2. The lowest BCUT2D eigenvalue weighted by Crippen LogP contribution is -1.97. The maximum absolute atomic E-state index is 5.68. The van der Waals surface area contributed by atoms with Crippen LogP contribution in [-0.4, -0.2) is 15.0 Å². The molecule has 0 aliphatic carbocycles. The van der Waals surface area contributed by atoms with Crippen molar-refractivity contribution in [1.29, 1.82) is 0 Å². The summed E-state index contributed by atoms with van der Waals surface area (Å²) in [5, 5.41) is 3.21. The maximum Gasteiger partial charge on any atom is 0.224 e. The van der Waals surface area contributed by atoms with Gasteiger partial charge in [-0.1, -0.05) is 6.07 Å². The lowest BCUT2D eigenvalue weighted by Gasteiger charge is -2.05. The summed E-state index contributed by atoms with van der Waals surface area (Å²) in [7, 11) is 0. The molecule has 0 radical (unpaired) electrons. The summed E-state index contributed by atoms with van der Waals surface area (Å²) in [6.45, 7) is 0. The largest absolute Gasteiger partial charge is 0.324 e. The zero-order valence-electron chi connectivity index (χ0n) is 7.48. The number of pyridine rings is 1. The fourth-order valence-electron chi connectivity index (χ4n) is 0.991. The summed E-state index contributed by atoms with van der Waals surface area (Å²) in [5.41, 5.74) is 0. The lowest BCUT2D eigenvalue weighted by atomic mass is 10.4. The van der Waals surface area contributed by atoms with Crippen LogP contribution in [0.15, 0.2) is 35.1 Å². The Morgan fingerprint density at radius 2 is 2.13 bits per heavy atom. The van der Waals surface area contributed by atoms with Crippen molar-refractivity contribution in [3.63, 3.8) is 0 Å². The zero-order valence-corrected chi connectivity index (χ0v) is 9.83. The zero-order chi connectivity index (χ0) is 10.7. The van der Waals surface area contributed by atoms with Crippen molar-refractivity contribution in [2.45, 2.75) is 0 Å². The number of anilines is 2. The van der Waals surface area contributed by atoms with E-state index in [1.54, 1.807) is 12.4 Å². The summed E-state index contributed by atoms with van der Waals surface area (Å²) < 4.78 is 0.734. The van der Waals surface area contributed by atoms with E-state index in [1.807, 2.05) is 18.2 Å². The molecule has 0 spiro atoms. The highest BCUT2D eigenvalue weighted by Gasteiger charge is 2.03. The Hall–Kier alpha value is -1.20. The van der Waals surface area contributed by atoms with E-state index in [2.05, 4.69) is 36.2 Å². The van der Waals surface area contributed by atoms with E-state index in [4.69, 9.17) is 11.6 Å². The Morgan fingerprint density at radius 3 is 2.87 bits per heavy atom. The normalized spacial score (nSPS) is 10.0. The van der Waals surface area contributed by atoms with Crippen LogP contribution in [0.4, 0.5) is 11.6 Å². The van der Waals surface area contributed by atoms with Crippen molar-refractivity contribution >= 4 is 39.2 Å². The number of nitrogens with zero attached hydrogens (tertiary/aromatic N) is 3. The van der Waals surface area contributed by atoms with Crippen LogP contribution in [0.3, 0.4) is 0 Å². The topological polar surface area (TPSA) is 50.7 Å². The van der Waals surface area contributed by atoms with E-state index in [-0.39, 0.29) is 5.28 Å². The van der Waals surface area contributed by atoms with Crippen molar-refractivity contribution in [3.8, 4) is 0 Å². The molecule has 6 heteroatoms. The second kappa shape index (κ2) is 4.55. The second-order valence-corrected chi connectivity index (χ2v) is 3.87. The van der Waals surface area contributed by atoms with Crippen LogP contribution in [-0.2, 0) is 0 Å². The van der Waals surface area contributed by atoms with Crippen LogP contribution in [0.2, 0.25) is 5.28 Å². The average molecular weight is 286 g/mol. The highest BCUT2D eigenvalue weighted by atomic mass is 79.9. The van der Waals surface area contributed by atoms with Crippen LogP contribution in [0, 0.1) is 0 Å². The van der Waals surface area contributed by atoms with Gasteiger partial charge in [-0.25, -0.2) is 9.97 Å². The number of hydrogen-bond acceptors (Lipinski definition) is 4. The summed E-state index contributed by atoms with van der Waals surface area (Å²) in [5.74, 6) is 1.29. The van der Waals surface area contributed by atoms with Gasteiger partial charge in [0.1, 0.15) is 5.82 Å². The first-order valence-corrected chi connectivity index (χ1v) is 5.29. The smallest absolute Gasteiger partial charge is 0.224 e. The highest BCUT2D eigenvalue weighted by molar-refractivity contribution is 9.10. The van der Waals surface area contributed by atoms with Crippen molar-refractivity contribution in [1.82, 2.24) is 15.0 Å². The second-order valence-electron chi connectivity index (χ2n) is 2.68. The van der Waals surface area contributed by atoms with Gasteiger partial charge in [-0.3, -0.25) is 0 Å². The van der Waals surface area contributed by atoms with Crippen LogP contribution >= 0.6 is 27.5 Å². The molecule has 1 N–H and O–H groups in total. The standard InChI is InChI=1S/C9H6BrClN4/c10-6-5-13-9(11)15-8(6)14-7-3-1-2-4-12-7/h1-5H,(H,12,13,14,15). The van der Waals surface area contributed by atoms with Gasteiger partial charge >= 0.3 is 0 Å². The minimum atomic E-state index is 0.191. The van der Waals surface area contributed by atoms with Gasteiger partial charge in [0.25, 0.3) is 0 Å². The monoisotopic (exact) mass is 284 g/mol. The summed E-state index contributed by atoms with van der Waals surface area (Å²) >= 11 is 8.99. The fraction of sp³-hybridized carbons (Fsp3) is 0. The third kappa shape index (κ3) is 2.64. The summed E-state index contributed by atoms with van der Waals surface area (Å²) in [6.07, 6.45) is 3.28. The average Bonchev–Trinajstić information content (AvgIpc) is 2.25. The molecule has 0 aliphatic rings. The Bertz CT molecular complexity index is 463. The molecule has 2 rings (SSSR count). The number of hydrogen-bond donors (Lipinski definition) is 1. The Balaban J connectivity index is 2.28. The lowest BCUT2D eigenvalue weighted by molar-refractivity contribution is 1.14. The molecule has 0 amide bonds. The van der Waals surface area contributed by atoms with Crippen molar-refractivity contribution < 1.29 is 0 Å². The van der Waals surface area contributed by atoms with E-state index in [0.29, 0.717) is 11.6 Å². The molecule has 4 nitrogen and oxygen atoms in total. The predicted octanol–water partition coefficient (Wildman–Crippen LogP) is 3.03. The fourth-order valence-corrected chi connectivity index (χ4v) is 1.41. The number of halogens is 2. The Morgan fingerprint density at radius 1 is 1.27 bits per heavy atom. The number of aromatic nitrogens is 3. The minimum absolute atomic E-state index is 0.191. The summed E-state index contributed by atoms with van der Waals surface area (Å²) in [6, 6.07) is 5.56. The third-order valence-corrected chi connectivity index (χ3v) is 2.39. The maximum atomic E-state index is 5.68. The van der Waals surface area contributed by atoms with Gasteiger partial charge in [0.15, 0.2) is 5.82 Å². The van der Waals surface area contributed by atoms with Crippen molar-refractivity contribution in [2.24, 2.45) is 0 Å². The molecule has 0 aromatic carbocycles. The molecule has 0 aliphatic heterocycles. The van der Waals surface area contributed by atoms with E-state index in [0.717, 1.165) is 4.47 Å². The van der Waals surface area contributed by atoms with Gasteiger partial charge in [-0.2, -0.15) is 4.98 Å². The number of nitrogens with one attached hydrogen (secondary N) is 1. The van der Waals surface area contributed by atoms with Crippen LogP contribution in [0.5, 0.6) is 0 Å². The van der Waals surface area contributed by atoms with E-state index < -0.39 is 0 Å². The highest BCUT2D eigenvalue weighted by Crippen LogP contribution is 2.22. The van der Waals surface area contributed by atoms with Crippen LogP contribution in [0.25, 0.3) is 0 Å². The molecule has 0 fully saturated rings. The van der Waals surface area contributed by atoms with Crippen molar-refractivity contribution in [3.05, 3.63) is 40.3 Å². The van der Waals surface area contributed by atoms with Gasteiger partial charge in [0, 0.05) is 12.4 Å². The van der Waals surface area contributed by atoms with Gasteiger partial charge in [-0.15, -0.1) is 0 Å². The SMILES string of the molecule is Clc1ncc(Br)c(Nc2ccccn2)n1. The minimum Gasteiger partial charge on any atom is -0.324 e. The molecule has 0 atom stereocenters.